The van der Waals surface area contributed by atoms with Gasteiger partial charge in [0.15, 0.2) is 11.4 Å². The second-order valence-corrected chi connectivity index (χ2v) is 2.79. The number of methoxy groups -OCH3 is 1. The van der Waals surface area contributed by atoms with Gasteiger partial charge in [0, 0.05) is 0 Å². The van der Waals surface area contributed by atoms with E-state index in [0.29, 0.717) is 5.75 Å². The molecule has 1 aromatic heterocycles. The van der Waals surface area contributed by atoms with Crippen molar-refractivity contribution < 1.29 is 14.3 Å². The lowest BCUT2D eigenvalue weighted by atomic mass is 10.3. The van der Waals surface area contributed by atoms with Crippen molar-refractivity contribution in [1.29, 1.82) is 0 Å². The van der Waals surface area contributed by atoms with Gasteiger partial charge in [-0.1, -0.05) is 11.6 Å². The van der Waals surface area contributed by atoms with Gasteiger partial charge < -0.3 is 9.47 Å². The standard InChI is InChI=1S/C9H10ClNO3/c1-3-14-9(12)8-6(13-2)4-5-7(10)11-8/h4-5H,3H2,1-2H3. The minimum absolute atomic E-state index is 0.0989. The summed E-state index contributed by atoms with van der Waals surface area (Å²) in [5, 5.41) is 0.230. The minimum Gasteiger partial charge on any atom is -0.494 e. The first kappa shape index (κ1) is 10.8. The predicted octanol–water partition coefficient (Wildman–Crippen LogP) is 1.92. The third-order valence-corrected chi connectivity index (χ3v) is 1.72. The fraction of sp³-hybridized carbons (Fsp3) is 0.333. The minimum atomic E-state index is -0.535. The van der Waals surface area contributed by atoms with Crippen LogP contribution in [0.5, 0.6) is 5.75 Å². The van der Waals surface area contributed by atoms with Crippen LogP contribution in [0.1, 0.15) is 17.4 Å². The second kappa shape index (κ2) is 4.81. The van der Waals surface area contributed by atoms with Crippen molar-refractivity contribution in [3.8, 4) is 5.75 Å². The smallest absolute Gasteiger partial charge is 0.360 e. The lowest BCUT2D eigenvalue weighted by molar-refractivity contribution is 0.0515. The molecule has 14 heavy (non-hydrogen) atoms. The number of hydrogen-bond acceptors (Lipinski definition) is 4. The van der Waals surface area contributed by atoms with Crippen LogP contribution in [0.2, 0.25) is 5.15 Å². The Morgan fingerprint density at radius 1 is 1.57 bits per heavy atom. The van der Waals surface area contributed by atoms with E-state index in [1.165, 1.54) is 7.11 Å². The average Bonchev–Trinajstić information content (AvgIpc) is 2.18. The number of aromatic nitrogens is 1. The van der Waals surface area contributed by atoms with Gasteiger partial charge in [-0.3, -0.25) is 0 Å². The number of hydrogen-bond donors (Lipinski definition) is 0. The molecule has 0 saturated carbocycles. The molecular formula is C9H10ClNO3. The summed E-state index contributed by atoms with van der Waals surface area (Å²) >= 11 is 5.64. The maximum absolute atomic E-state index is 11.4. The van der Waals surface area contributed by atoms with Gasteiger partial charge in [0.1, 0.15) is 5.15 Å². The van der Waals surface area contributed by atoms with Gasteiger partial charge >= 0.3 is 5.97 Å². The van der Waals surface area contributed by atoms with Crippen molar-refractivity contribution in [3.05, 3.63) is 23.0 Å². The first-order valence-electron chi connectivity index (χ1n) is 4.06. The van der Waals surface area contributed by atoms with Crippen molar-refractivity contribution in [2.75, 3.05) is 13.7 Å². The lowest BCUT2D eigenvalue weighted by Crippen LogP contribution is -2.09. The molecule has 0 saturated heterocycles. The van der Waals surface area contributed by atoms with E-state index in [0.717, 1.165) is 0 Å². The van der Waals surface area contributed by atoms with Gasteiger partial charge in [-0.2, -0.15) is 0 Å². The Morgan fingerprint density at radius 3 is 2.86 bits per heavy atom. The van der Waals surface area contributed by atoms with Gasteiger partial charge in [0.05, 0.1) is 13.7 Å². The molecule has 0 spiro atoms. The first-order chi connectivity index (χ1) is 6.69. The van der Waals surface area contributed by atoms with Crippen LogP contribution in [0, 0.1) is 0 Å². The van der Waals surface area contributed by atoms with Gasteiger partial charge in [-0.05, 0) is 19.1 Å². The zero-order chi connectivity index (χ0) is 10.6. The maximum Gasteiger partial charge on any atom is 0.360 e. The highest BCUT2D eigenvalue weighted by Gasteiger charge is 2.15. The fourth-order valence-corrected chi connectivity index (χ4v) is 1.08. The van der Waals surface area contributed by atoms with Gasteiger partial charge in [0.25, 0.3) is 0 Å². The topological polar surface area (TPSA) is 48.4 Å². The molecule has 0 atom stereocenters. The Balaban J connectivity index is 3.03. The molecule has 0 amide bonds. The van der Waals surface area contributed by atoms with E-state index in [1.54, 1.807) is 19.1 Å². The molecule has 0 fully saturated rings. The largest absolute Gasteiger partial charge is 0.494 e. The molecule has 0 aliphatic heterocycles. The van der Waals surface area contributed by atoms with E-state index in [4.69, 9.17) is 21.1 Å². The van der Waals surface area contributed by atoms with Crippen LogP contribution in [0.15, 0.2) is 12.1 Å². The number of rotatable bonds is 3. The van der Waals surface area contributed by atoms with Crippen LogP contribution in [0.25, 0.3) is 0 Å². The average molecular weight is 216 g/mol. The van der Waals surface area contributed by atoms with E-state index in [9.17, 15) is 4.79 Å². The summed E-state index contributed by atoms with van der Waals surface area (Å²) in [6, 6.07) is 3.12. The number of carbonyl (C=O) groups is 1. The van der Waals surface area contributed by atoms with Crippen molar-refractivity contribution in [2.45, 2.75) is 6.92 Å². The summed E-state index contributed by atoms with van der Waals surface area (Å²) in [7, 11) is 1.45. The summed E-state index contributed by atoms with van der Waals surface area (Å²) in [5.74, 6) is -0.181. The van der Waals surface area contributed by atoms with Crippen molar-refractivity contribution in [3.63, 3.8) is 0 Å². The maximum atomic E-state index is 11.4. The molecule has 76 valence electrons. The Labute approximate surface area is 86.8 Å². The van der Waals surface area contributed by atoms with Crippen LogP contribution in [0.3, 0.4) is 0 Å². The third kappa shape index (κ3) is 2.35. The van der Waals surface area contributed by atoms with Crippen LogP contribution >= 0.6 is 11.6 Å². The van der Waals surface area contributed by atoms with E-state index >= 15 is 0 Å². The molecule has 1 heterocycles. The predicted molar refractivity (Wildman–Crippen MR) is 51.8 cm³/mol. The molecule has 5 heteroatoms. The van der Waals surface area contributed by atoms with Gasteiger partial charge in [-0.25, -0.2) is 9.78 Å². The summed E-state index contributed by atoms with van der Waals surface area (Å²) in [6.07, 6.45) is 0. The van der Waals surface area contributed by atoms with Crippen LogP contribution < -0.4 is 4.74 Å². The highest BCUT2D eigenvalue weighted by molar-refractivity contribution is 6.29. The monoisotopic (exact) mass is 215 g/mol. The molecule has 1 rings (SSSR count). The summed E-state index contributed by atoms with van der Waals surface area (Å²) in [4.78, 5) is 15.2. The van der Waals surface area contributed by atoms with E-state index in [1.807, 2.05) is 0 Å². The second-order valence-electron chi connectivity index (χ2n) is 2.41. The number of ether oxygens (including phenoxy) is 2. The summed E-state index contributed by atoms with van der Waals surface area (Å²) < 4.78 is 9.73. The number of nitrogens with zero attached hydrogens (tertiary/aromatic N) is 1. The van der Waals surface area contributed by atoms with E-state index in [2.05, 4.69) is 4.98 Å². The third-order valence-electron chi connectivity index (χ3n) is 1.51. The fourth-order valence-electron chi connectivity index (χ4n) is 0.933. The number of halogens is 1. The van der Waals surface area contributed by atoms with E-state index < -0.39 is 5.97 Å². The molecule has 0 aliphatic rings. The molecule has 0 bridgehead atoms. The van der Waals surface area contributed by atoms with Crippen LogP contribution in [-0.2, 0) is 4.74 Å². The highest BCUT2D eigenvalue weighted by atomic mass is 35.5. The normalized spacial score (nSPS) is 9.64. The van der Waals surface area contributed by atoms with Crippen molar-refractivity contribution in [1.82, 2.24) is 4.98 Å². The molecule has 0 radical (unpaired) electrons. The van der Waals surface area contributed by atoms with Crippen molar-refractivity contribution >= 4 is 17.6 Å². The summed E-state index contributed by atoms with van der Waals surface area (Å²) in [5.41, 5.74) is 0.0989. The molecule has 0 aliphatic carbocycles. The Bertz CT molecular complexity index is 341. The highest BCUT2D eigenvalue weighted by Crippen LogP contribution is 2.19. The van der Waals surface area contributed by atoms with Crippen LogP contribution in [-0.4, -0.2) is 24.7 Å². The first-order valence-corrected chi connectivity index (χ1v) is 4.44. The molecule has 0 N–H and O–H groups in total. The molecule has 4 nitrogen and oxygen atoms in total. The Morgan fingerprint density at radius 2 is 2.29 bits per heavy atom. The zero-order valence-electron chi connectivity index (χ0n) is 7.91. The van der Waals surface area contributed by atoms with Gasteiger partial charge in [0.2, 0.25) is 0 Å². The SMILES string of the molecule is CCOC(=O)c1nc(Cl)ccc1OC. The quantitative estimate of drug-likeness (QED) is 0.571. The number of esters is 1. The number of carbonyl (C=O) groups excluding carboxylic acids is 1. The Hall–Kier alpha value is -1.29. The number of pyridine rings is 1. The summed E-state index contributed by atoms with van der Waals surface area (Å²) in [6.45, 7) is 2.01. The Kier molecular flexibility index (Phi) is 3.71. The molecular weight excluding hydrogens is 206 g/mol. The van der Waals surface area contributed by atoms with Gasteiger partial charge in [-0.15, -0.1) is 0 Å². The lowest BCUT2D eigenvalue weighted by Gasteiger charge is -2.06. The molecule has 0 aromatic carbocycles. The zero-order valence-corrected chi connectivity index (χ0v) is 8.67. The van der Waals surface area contributed by atoms with E-state index in [-0.39, 0.29) is 17.5 Å². The van der Waals surface area contributed by atoms with Crippen LogP contribution in [0.4, 0.5) is 0 Å². The molecule has 1 aromatic rings. The van der Waals surface area contributed by atoms with Crippen molar-refractivity contribution in [2.24, 2.45) is 0 Å². The molecule has 0 unspecified atom stereocenters.